The van der Waals surface area contributed by atoms with Crippen molar-refractivity contribution in [1.29, 1.82) is 0 Å². The maximum absolute atomic E-state index is 12.2. The molecule has 0 spiro atoms. The van der Waals surface area contributed by atoms with Gasteiger partial charge < -0.3 is 24.3 Å². The number of carbonyl (C=O) groups excluding carboxylic acids is 3. The number of aryl methyl sites for hydroxylation is 1. The number of methoxy groups -OCH3 is 3. The number of hydrogen-bond acceptors (Lipinski definition) is 7. The third kappa shape index (κ3) is 5.23. The number of nitrogens with one attached hydrogen (secondary N) is 1. The first-order valence-corrected chi connectivity index (χ1v) is 8.27. The summed E-state index contributed by atoms with van der Waals surface area (Å²) in [7, 11) is 3.94. The molecule has 148 valence electrons. The van der Waals surface area contributed by atoms with Gasteiger partial charge in [0.05, 0.1) is 32.5 Å². The molecule has 28 heavy (non-hydrogen) atoms. The van der Waals surface area contributed by atoms with Crippen molar-refractivity contribution in [3.8, 4) is 11.5 Å². The Labute approximate surface area is 162 Å². The molecule has 0 bridgehead atoms. The smallest absolute Gasteiger partial charge is 0.337 e. The lowest BCUT2D eigenvalue weighted by atomic mass is 10.1. The highest BCUT2D eigenvalue weighted by atomic mass is 16.5. The summed E-state index contributed by atoms with van der Waals surface area (Å²) in [6.07, 6.45) is 0. The van der Waals surface area contributed by atoms with Crippen LogP contribution in [0.5, 0.6) is 11.5 Å². The third-order valence-electron chi connectivity index (χ3n) is 3.74. The van der Waals surface area contributed by atoms with Crippen molar-refractivity contribution >= 4 is 23.5 Å². The molecule has 0 atom stereocenters. The third-order valence-corrected chi connectivity index (χ3v) is 3.74. The van der Waals surface area contributed by atoms with Crippen LogP contribution in [-0.2, 0) is 14.3 Å². The molecule has 8 heteroatoms. The number of carbonyl (C=O) groups is 3. The van der Waals surface area contributed by atoms with Gasteiger partial charge in [-0.15, -0.1) is 0 Å². The minimum atomic E-state index is -0.651. The van der Waals surface area contributed by atoms with Crippen LogP contribution in [0.25, 0.3) is 0 Å². The summed E-state index contributed by atoms with van der Waals surface area (Å²) in [5, 5.41) is 2.58. The van der Waals surface area contributed by atoms with Crippen molar-refractivity contribution < 1.29 is 33.3 Å². The van der Waals surface area contributed by atoms with Crippen molar-refractivity contribution in [2.75, 3.05) is 33.3 Å². The van der Waals surface area contributed by atoms with E-state index >= 15 is 0 Å². The van der Waals surface area contributed by atoms with E-state index in [1.54, 1.807) is 12.1 Å². The van der Waals surface area contributed by atoms with Crippen LogP contribution in [0.15, 0.2) is 36.4 Å². The largest absolute Gasteiger partial charge is 0.493 e. The van der Waals surface area contributed by atoms with Crippen LogP contribution >= 0.6 is 0 Å². The van der Waals surface area contributed by atoms with Gasteiger partial charge in [0.2, 0.25) is 0 Å². The van der Waals surface area contributed by atoms with Gasteiger partial charge in [-0.05, 0) is 42.8 Å². The van der Waals surface area contributed by atoms with Crippen LogP contribution in [0.4, 0.5) is 5.69 Å². The van der Waals surface area contributed by atoms with Crippen molar-refractivity contribution in [3.05, 3.63) is 53.1 Å². The van der Waals surface area contributed by atoms with Crippen molar-refractivity contribution in [3.63, 3.8) is 0 Å². The molecule has 1 amide bonds. The molecule has 0 heterocycles. The number of benzene rings is 2. The van der Waals surface area contributed by atoms with E-state index in [0.717, 1.165) is 5.56 Å². The highest BCUT2D eigenvalue weighted by molar-refractivity contribution is 5.99. The predicted molar refractivity (Wildman–Crippen MR) is 101 cm³/mol. The second kappa shape index (κ2) is 9.40. The summed E-state index contributed by atoms with van der Waals surface area (Å²) in [5.74, 6) is -0.862. The minimum absolute atomic E-state index is 0.0989. The van der Waals surface area contributed by atoms with E-state index in [9.17, 15) is 14.4 Å². The van der Waals surface area contributed by atoms with Crippen LogP contribution < -0.4 is 14.8 Å². The first kappa shape index (κ1) is 20.8. The van der Waals surface area contributed by atoms with Gasteiger partial charge in [0.25, 0.3) is 5.91 Å². The predicted octanol–water partition coefficient (Wildman–Crippen LogP) is 2.59. The fourth-order valence-corrected chi connectivity index (χ4v) is 2.41. The van der Waals surface area contributed by atoms with E-state index in [1.165, 1.54) is 39.5 Å². The lowest BCUT2D eigenvalue weighted by Crippen LogP contribution is -2.21. The average molecular weight is 387 g/mol. The molecule has 1 N–H and O–H groups in total. The monoisotopic (exact) mass is 387 g/mol. The Bertz CT molecular complexity index is 858. The summed E-state index contributed by atoms with van der Waals surface area (Å²) in [4.78, 5) is 35.8. The van der Waals surface area contributed by atoms with E-state index in [1.807, 2.05) is 13.0 Å². The van der Waals surface area contributed by atoms with Gasteiger partial charge in [-0.2, -0.15) is 0 Å². The second-order valence-electron chi connectivity index (χ2n) is 5.77. The van der Waals surface area contributed by atoms with Gasteiger partial charge in [-0.3, -0.25) is 4.79 Å². The zero-order valence-electron chi connectivity index (χ0n) is 16.0. The maximum atomic E-state index is 12.2. The molecule has 0 unspecified atom stereocenters. The maximum Gasteiger partial charge on any atom is 0.337 e. The average Bonchev–Trinajstić information content (AvgIpc) is 2.71. The first-order chi connectivity index (χ1) is 13.4. The summed E-state index contributed by atoms with van der Waals surface area (Å²) < 4.78 is 20.0. The minimum Gasteiger partial charge on any atom is -0.493 e. The Morgan fingerprint density at radius 2 is 1.46 bits per heavy atom. The number of rotatable bonds is 7. The summed E-state index contributed by atoms with van der Waals surface area (Å²) in [5.41, 5.74) is 1.42. The van der Waals surface area contributed by atoms with E-state index in [2.05, 4.69) is 14.8 Å². The fraction of sp³-hybridized carbons (Fsp3) is 0.250. The van der Waals surface area contributed by atoms with Crippen molar-refractivity contribution in [2.24, 2.45) is 0 Å². The van der Waals surface area contributed by atoms with Gasteiger partial charge >= 0.3 is 11.9 Å². The van der Waals surface area contributed by atoms with Crippen molar-refractivity contribution in [2.45, 2.75) is 6.92 Å². The molecule has 2 rings (SSSR count). The topological polar surface area (TPSA) is 100 Å². The molecule has 0 aromatic heterocycles. The number of amides is 1. The Morgan fingerprint density at radius 3 is 2.00 bits per heavy atom. The SMILES string of the molecule is COC(=O)c1cc(NC(=O)COc2ccc(C)cc2OC)cc(C(=O)OC)c1. The fourth-order valence-electron chi connectivity index (χ4n) is 2.41. The zero-order chi connectivity index (χ0) is 20.7. The number of ether oxygens (including phenoxy) is 4. The molecule has 0 aliphatic heterocycles. The quantitative estimate of drug-likeness (QED) is 0.729. The van der Waals surface area contributed by atoms with E-state index in [4.69, 9.17) is 9.47 Å². The summed E-state index contributed by atoms with van der Waals surface area (Å²) in [6, 6.07) is 9.43. The van der Waals surface area contributed by atoms with Crippen LogP contribution in [-0.4, -0.2) is 45.8 Å². The second-order valence-corrected chi connectivity index (χ2v) is 5.77. The Balaban J connectivity index is 2.14. The number of hydrogen-bond donors (Lipinski definition) is 1. The molecule has 2 aromatic carbocycles. The Morgan fingerprint density at radius 1 is 0.857 bits per heavy atom. The normalized spacial score (nSPS) is 10.0. The summed E-state index contributed by atoms with van der Waals surface area (Å²) >= 11 is 0. The highest BCUT2D eigenvalue weighted by Crippen LogP contribution is 2.27. The lowest BCUT2D eigenvalue weighted by molar-refractivity contribution is -0.118. The molecular weight excluding hydrogens is 366 g/mol. The molecule has 0 aliphatic carbocycles. The zero-order valence-corrected chi connectivity index (χ0v) is 16.0. The van der Waals surface area contributed by atoms with Crippen molar-refractivity contribution in [1.82, 2.24) is 0 Å². The van der Waals surface area contributed by atoms with E-state index < -0.39 is 17.8 Å². The van der Waals surface area contributed by atoms with Gasteiger partial charge in [0.1, 0.15) is 0 Å². The van der Waals surface area contributed by atoms with Crippen LogP contribution in [0, 0.1) is 6.92 Å². The van der Waals surface area contributed by atoms with Gasteiger partial charge in [-0.25, -0.2) is 9.59 Å². The van der Waals surface area contributed by atoms with E-state index in [-0.39, 0.29) is 23.4 Å². The van der Waals surface area contributed by atoms with E-state index in [0.29, 0.717) is 11.5 Å². The van der Waals surface area contributed by atoms with Gasteiger partial charge in [0, 0.05) is 5.69 Å². The molecule has 0 saturated heterocycles. The van der Waals surface area contributed by atoms with Crippen LogP contribution in [0.1, 0.15) is 26.3 Å². The van der Waals surface area contributed by atoms with Gasteiger partial charge in [-0.1, -0.05) is 6.07 Å². The van der Waals surface area contributed by atoms with Crippen LogP contribution in [0.2, 0.25) is 0 Å². The number of anilines is 1. The molecule has 0 saturated carbocycles. The molecule has 0 fully saturated rings. The molecule has 0 aliphatic rings. The molecule has 0 radical (unpaired) electrons. The first-order valence-electron chi connectivity index (χ1n) is 8.27. The van der Waals surface area contributed by atoms with Gasteiger partial charge in [0.15, 0.2) is 18.1 Å². The Kier molecular flexibility index (Phi) is 6.97. The van der Waals surface area contributed by atoms with Crippen LogP contribution in [0.3, 0.4) is 0 Å². The molecule has 8 nitrogen and oxygen atoms in total. The lowest BCUT2D eigenvalue weighted by Gasteiger charge is -2.12. The highest BCUT2D eigenvalue weighted by Gasteiger charge is 2.15. The Hall–Kier alpha value is -3.55. The standard InChI is InChI=1S/C20H21NO7/c1-12-5-6-16(17(7-12)25-2)28-11-18(22)21-15-9-13(19(23)26-3)8-14(10-15)20(24)27-4/h5-10H,11H2,1-4H3,(H,21,22). The molecular formula is C20H21NO7. The summed E-state index contributed by atoms with van der Waals surface area (Å²) in [6.45, 7) is 1.61. The number of esters is 2. The molecule has 2 aromatic rings.